The van der Waals surface area contributed by atoms with Gasteiger partial charge in [-0.25, -0.2) is 8.42 Å². The molecule has 0 bridgehead atoms. The molecule has 0 aliphatic carbocycles. The van der Waals surface area contributed by atoms with Crippen LogP contribution in [0.1, 0.15) is 18.9 Å². The molecular formula is C15H19N3O4S. The van der Waals surface area contributed by atoms with Gasteiger partial charge in [0.15, 0.2) is 0 Å². The number of ether oxygens (including phenoxy) is 1. The Kier molecular flexibility index (Phi) is 4.36. The molecule has 0 unspecified atom stereocenters. The molecule has 1 aromatic rings. The van der Waals surface area contributed by atoms with Gasteiger partial charge >= 0.3 is 0 Å². The summed E-state index contributed by atoms with van der Waals surface area (Å²) in [5, 5.41) is 2.84. The largest absolute Gasteiger partial charge is 0.381 e. The summed E-state index contributed by atoms with van der Waals surface area (Å²) in [6.07, 6.45) is 0.941. The van der Waals surface area contributed by atoms with Gasteiger partial charge in [0, 0.05) is 24.6 Å². The van der Waals surface area contributed by atoms with Gasteiger partial charge in [0.2, 0.25) is 5.91 Å². The zero-order valence-corrected chi connectivity index (χ0v) is 13.6. The van der Waals surface area contributed by atoms with Crippen molar-refractivity contribution in [2.75, 3.05) is 19.8 Å². The molecule has 2 heterocycles. The normalized spacial score (nSPS) is 24.9. The lowest BCUT2D eigenvalue weighted by Gasteiger charge is -2.12. The van der Waals surface area contributed by atoms with Crippen LogP contribution in [-0.4, -0.2) is 46.0 Å². The minimum absolute atomic E-state index is 0.189. The van der Waals surface area contributed by atoms with Crippen LogP contribution in [0.15, 0.2) is 34.2 Å². The van der Waals surface area contributed by atoms with Crippen LogP contribution >= 0.6 is 0 Å². The summed E-state index contributed by atoms with van der Waals surface area (Å²) in [5.74, 6) is 0.324. The quantitative estimate of drug-likeness (QED) is 0.824. The Morgan fingerprint density at radius 3 is 3.00 bits per heavy atom. The summed E-state index contributed by atoms with van der Waals surface area (Å²) in [4.78, 5) is 16.6. The number of sulfonamides is 1. The molecule has 1 aromatic carbocycles. The predicted molar refractivity (Wildman–Crippen MR) is 84.7 cm³/mol. The van der Waals surface area contributed by atoms with Crippen LogP contribution < -0.4 is 10.0 Å². The fraction of sp³-hybridized carbons (Fsp3) is 0.467. The molecule has 2 atom stereocenters. The minimum atomic E-state index is -3.58. The number of nitrogens with one attached hydrogen (secondary N) is 2. The average Bonchev–Trinajstić information content (AvgIpc) is 3.12. The fourth-order valence-electron chi connectivity index (χ4n) is 2.62. The molecule has 0 saturated carbocycles. The molecule has 2 aliphatic rings. The van der Waals surface area contributed by atoms with E-state index in [1.54, 1.807) is 25.1 Å². The Balaban J connectivity index is 1.70. The smallest absolute Gasteiger partial charge is 0.263 e. The zero-order chi connectivity index (χ0) is 16.4. The summed E-state index contributed by atoms with van der Waals surface area (Å²) >= 11 is 0. The molecule has 23 heavy (non-hydrogen) atoms. The van der Waals surface area contributed by atoms with Gasteiger partial charge in [-0.3, -0.25) is 14.5 Å². The maximum atomic E-state index is 12.1. The number of amides is 1. The molecule has 0 aromatic heterocycles. The summed E-state index contributed by atoms with van der Waals surface area (Å²) in [7, 11) is -3.58. The molecule has 1 saturated heterocycles. The zero-order valence-electron chi connectivity index (χ0n) is 12.8. The summed E-state index contributed by atoms with van der Waals surface area (Å²) < 4.78 is 31.7. The average molecular weight is 337 g/mol. The molecule has 0 spiro atoms. The van der Waals surface area contributed by atoms with E-state index in [1.165, 1.54) is 6.07 Å². The van der Waals surface area contributed by atoms with Crippen LogP contribution in [-0.2, 0) is 19.6 Å². The third-order valence-corrected chi connectivity index (χ3v) is 5.35. The lowest BCUT2D eigenvalue weighted by Crippen LogP contribution is -2.36. The van der Waals surface area contributed by atoms with Crippen molar-refractivity contribution in [2.24, 2.45) is 10.9 Å². The van der Waals surface area contributed by atoms with Crippen LogP contribution in [0.4, 0.5) is 0 Å². The number of aliphatic imine (C=N–C) groups is 1. The molecule has 3 rings (SSSR count). The Hall–Kier alpha value is -1.93. The molecule has 1 amide bonds. The second-order valence-corrected chi connectivity index (χ2v) is 7.38. The molecule has 124 valence electrons. The number of hydrogen-bond acceptors (Lipinski definition) is 5. The highest BCUT2D eigenvalue weighted by Gasteiger charge is 2.31. The minimum Gasteiger partial charge on any atom is -0.381 e. The second-order valence-electron chi connectivity index (χ2n) is 5.73. The van der Waals surface area contributed by atoms with E-state index in [-0.39, 0.29) is 16.6 Å². The third kappa shape index (κ3) is 3.37. The van der Waals surface area contributed by atoms with Crippen LogP contribution in [0.5, 0.6) is 0 Å². The molecule has 2 N–H and O–H groups in total. The molecule has 8 heteroatoms. The Morgan fingerprint density at radius 1 is 1.48 bits per heavy atom. The number of fused-ring (bicyclic) bond motifs is 1. The highest BCUT2D eigenvalue weighted by molar-refractivity contribution is 7.90. The van der Waals surface area contributed by atoms with Crippen molar-refractivity contribution < 1.29 is 17.9 Å². The first-order valence-electron chi connectivity index (χ1n) is 7.53. The van der Waals surface area contributed by atoms with Gasteiger partial charge in [0.05, 0.1) is 11.5 Å². The van der Waals surface area contributed by atoms with Crippen LogP contribution in [0, 0.1) is 5.92 Å². The van der Waals surface area contributed by atoms with Crippen LogP contribution in [0.3, 0.4) is 0 Å². The lowest BCUT2D eigenvalue weighted by atomic mass is 10.1. The molecular weight excluding hydrogens is 318 g/mol. The highest BCUT2D eigenvalue weighted by atomic mass is 32.2. The Morgan fingerprint density at radius 2 is 2.26 bits per heavy atom. The van der Waals surface area contributed by atoms with E-state index in [9.17, 15) is 13.2 Å². The lowest BCUT2D eigenvalue weighted by molar-refractivity contribution is -0.122. The van der Waals surface area contributed by atoms with E-state index >= 15 is 0 Å². The maximum absolute atomic E-state index is 12.1. The van der Waals surface area contributed by atoms with Gasteiger partial charge in [0.1, 0.15) is 11.9 Å². The van der Waals surface area contributed by atoms with Crippen molar-refractivity contribution in [3.63, 3.8) is 0 Å². The van der Waals surface area contributed by atoms with Gasteiger partial charge in [-0.1, -0.05) is 12.1 Å². The topological polar surface area (TPSA) is 96.9 Å². The number of benzene rings is 1. The number of carbonyl (C=O) groups excluding carboxylic acids is 1. The number of amidine groups is 1. The standard InChI is InChI=1S/C15H19N3O4S/c1-10(15(19)16-8-11-6-7-22-9-11)17-14-12-4-2-3-5-13(12)23(20,21)18-14/h2-5,10-11H,6-9H2,1H3,(H,16,19)(H,17,18)/t10-,11+/m0/s1. The first-order chi connectivity index (χ1) is 11.0. The number of carbonyl (C=O) groups is 1. The molecule has 7 nitrogen and oxygen atoms in total. The first-order valence-corrected chi connectivity index (χ1v) is 9.01. The Labute approximate surface area is 135 Å². The summed E-state index contributed by atoms with van der Waals surface area (Å²) in [6.45, 7) is 3.59. The number of rotatable bonds is 4. The maximum Gasteiger partial charge on any atom is 0.263 e. The number of hydrogen-bond donors (Lipinski definition) is 2. The second kappa shape index (κ2) is 6.29. The van der Waals surface area contributed by atoms with Crippen molar-refractivity contribution >= 4 is 21.8 Å². The Bertz CT molecular complexity index is 739. The van der Waals surface area contributed by atoms with E-state index in [0.717, 1.165) is 13.0 Å². The molecule has 1 fully saturated rings. The van der Waals surface area contributed by atoms with Crippen molar-refractivity contribution in [1.29, 1.82) is 0 Å². The van der Waals surface area contributed by atoms with E-state index in [2.05, 4.69) is 15.0 Å². The van der Waals surface area contributed by atoms with Gasteiger partial charge in [-0.2, -0.15) is 0 Å². The van der Waals surface area contributed by atoms with E-state index in [4.69, 9.17) is 4.74 Å². The van der Waals surface area contributed by atoms with Crippen molar-refractivity contribution in [1.82, 2.24) is 10.0 Å². The summed E-state index contributed by atoms with van der Waals surface area (Å²) in [5.41, 5.74) is 0.497. The molecule has 0 radical (unpaired) electrons. The predicted octanol–water partition coefficient (Wildman–Crippen LogP) is 0.266. The van der Waals surface area contributed by atoms with Crippen molar-refractivity contribution in [2.45, 2.75) is 24.3 Å². The van der Waals surface area contributed by atoms with Gasteiger partial charge in [-0.05, 0) is 25.5 Å². The van der Waals surface area contributed by atoms with Gasteiger partial charge in [0.25, 0.3) is 10.0 Å². The third-order valence-electron chi connectivity index (χ3n) is 3.95. The van der Waals surface area contributed by atoms with Gasteiger partial charge < -0.3 is 10.1 Å². The SMILES string of the molecule is C[C@H](N=C1NS(=O)(=O)c2ccccc21)C(=O)NC[C@H]1CCOC1. The van der Waals surface area contributed by atoms with Crippen molar-refractivity contribution in [3.8, 4) is 0 Å². The summed E-state index contributed by atoms with van der Waals surface area (Å²) in [6, 6.07) is 5.90. The van der Waals surface area contributed by atoms with E-state index in [1.807, 2.05) is 0 Å². The monoisotopic (exact) mass is 337 g/mol. The fourth-order valence-corrected chi connectivity index (χ4v) is 3.86. The van der Waals surface area contributed by atoms with Crippen LogP contribution in [0.2, 0.25) is 0 Å². The van der Waals surface area contributed by atoms with E-state index in [0.29, 0.717) is 24.6 Å². The number of nitrogens with zero attached hydrogens (tertiary/aromatic N) is 1. The van der Waals surface area contributed by atoms with Gasteiger partial charge in [-0.15, -0.1) is 0 Å². The first kappa shape index (κ1) is 15.9. The van der Waals surface area contributed by atoms with E-state index < -0.39 is 16.1 Å². The van der Waals surface area contributed by atoms with Crippen molar-refractivity contribution in [3.05, 3.63) is 29.8 Å². The molecule has 2 aliphatic heterocycles. The van der Waals surface area contributed by atoms with Crippen LogP contribution in [0.25, 0.3) is 0 Å². The highest BCUT2D eigenvalue weighted by Crippen LogP contribution is 2.22.